The van der Waals surface area contributed by atoms with E-state index in [1.807, 2.05) is 31.2 Å². The first-order valence-electron chi connectivity index (χ1n) is 8.89. The number of aryl methyl sites for hydroxylation is 1. The van der Waals surface area contributed by atoms with Crippen LogP contribution >= 0.6 is 0 Å². The lowest BCUT2D eigenvalue weighted by atomic mass is 10.2. The normalized spacial score (nSPS) is 20.4. The second kappa shape index (κ2) is 8.20. The lowest BCUT2D eigenvalue weighted by Gasteiger charge is -2.34. The summed E-state index contributed by atoms with van der Waals surface area (Å²) in [5, 5.41) is 5.82. The van der Waals surface area contributed by atoms with Crippen LogP contribution in [0.4, 0.5) is 15.3 Å². The van der Waals surface area contributed by atoms with Gasteiger partial charge in [-0.05, 0) is 31.9 Å². The molecule has 2 aliphatic rings. The fourth-order valence-electron chi connectivity index (χ4n) is 3.07. The number of hydrogen-bond acceptors (Lipinski definition) is 3. The second-order valence-corrected chi connectivity index (χ2v) is 6.59. The summed E-state index contributed by atoms with van der Waals surface area (Å²) in [6, 6.07) is 7.51. The topological polar surface area (TPSA) is 73.9 Å². The van der Waals surface area contributed by atoms with Crippen molar-refractivity contribution in [3.63, 3.8) is 0 Å². The van der Waals surface area contributed by atoms with Crippen molar-refractivity contribution in [2.75, 3.05) is 44.6 Å². The van der Waals surface area contributed by atoms with E-state index in [1.54, 1.807) is 9.80 Å². The minimum absolute atomic E-state index is 0.0749. The summed E-state index contributed by atoms with van der Waals surface area (Å²) in [7, 11) is 0. The zero-order chi connectivity index (χ0) is 17.6. The highest BCUT2D eigenvalue weighted by molar-refractivity contribution is 5.89. The number of rotatable bonds is 3. The number of nitrogens with zero attached hydrogens (tertiary/aromatic N) is 2. The van der Waals surface area contributed by atoms with Crippen LogP contribution < -0.4 is 10.6 Å². The average molecular weight is 346 g/mol. The molecule has 0 aliphatic carbocycles. The molecule has 4 amide bonds. The van der Waals surface area contributed by atoms with Gasteiger partial charge in [0, 0.05) is 45.0 Å². The Hall–Kier alpha value is -2.28. The van der Waals surface area contributed by atoms with E-state index < -0.39 is 0 Å². The fourth-order valence-corrected chi connectivity index (χ4v) is 3.07. The number of benzene rings is 1. The minimum atomic E-state index is -0.122. The maximum absolute atomic E-state index is 12.3. The van der Waals surface area contributed by atoms with Gasteiger partial charge in [0.15, 0.2) is 0 Å². The average Bonchev–Trinajstić information content (AvgIpc) is 3.15. The zero-order valence-corrected chi connectivity index (χ0v) is 14.7. The molecule has 0 saturated carbocycles. The summed E-state index contributed by atoms with van der Waals surface area (Å²) >= 11 is 0. The van der Waals surface area contributed by atoms with Gasteiger partial charge in [-0.2, -0.15) is 0 Å². The van der Waals surface area contributed by atoms with Crippen LogP contribution in [-0.2, 0) is 4.74 Å². The molecular formula is C18H26N4O3. The second-order valence-electron chi connectivity index (χ2n) is 6.59. The van der Waals surface area contributed by atoms with E-state index in [0.29, 0.717) is 32.7 Å². The van der Waals surface area contributed by atoms with Gasteiger partial charge in [-0.3, -0.25) is 0 Å². The fraction of sp³-hybridized carbons (Fsp3) is 0.556. The molecule has 2 aliphatic heterocycles. The standard InChI is InChI=1S/C18H26N4O3/c1-14-4-6-15(7-5-14)20-18(24)22-10-8-21(9-11-22)17(23)19-13-16-3-2-12-25-16/h4-7,16H,2-3,8-13H2,1H3,(H,19,23)(H,20,24). The summed E-state index contributed by atoms with van der Waals surface area (Å²) < 4.78 is 5.51. The number of carbonyl (C=O) groups is 2. The van der Waals surface area contributed by atoms with Gasteiger partial charge in [-0.1, -0.05) is 17.7 Å². The summed E-state index contributed by atoms with van der Waals surface area (Å²) in [5.74, 6) is 0. The maximum atomic E-state index is 12.3. The first-order chi connectivity index (χ1) is 12.1. The van der Waals surface area contributed by atoms with E-state index in [1.165, 1.54) is 0 Å². The van der Waals surface area contributed by atoms with Gasteiger partial charge in [-0.15, -0.1) is 0 Å². The summed E-state index contributed by atoms with van der Waals surface area (Å²) in [5.41, 5.74) is 1.94. The smallest absolute Gasteiger partial charge is 0.321 e. The van der Waals surface area contributed by atoms with Crippen LogP contribution in [0.25, 0.3) is 0 Å². The molecule has 0 spiro atoms. The van der Waals surface area contributed by atoms with Crippen molar-refractivity contribution in [2.24, 2.45) is 0 Å². The molecule has 2 heterocycles. The Bertz CT molecular complexity index is 591. The lowest BCUT2D eigenvalue weighted by Crippen LogP contribution is -2.54. The number of ether oxygens (including phenoxy) is 1. The monoisotopic (exact) mass is 346 g/mol. The first-order valence-corrected chi connectivity index (χ1v) is 8.89. The van der Waals surface area contributed by atoms with Gasteiger partial charge in [0.1, 0.15) is 0 Å². The molecule has 3 rings (SSSR count). The highest BCUT2D eigenvalue weighted by Crippen LogP contribution is 2.12. The Morgan fingerprint density at radius 1 is 1.08 bits per heavy atom. The predicted octanol–water partition coefficient (Wildman–Crippen LogP) is 2.03. The third-order valence-corrected chi connectivity index (χ3v) is 4.66. The van der Waals surface area contributed by atoms with Crippen LogP contribution in [0.5, 0.6) is 0 Å². The third-order valence-electron chi connectivity index (χ3n) is 4.66. The molecule has 0 aromatic heterocycles. The molecular weight excluding hydrogens is 320 g/mol. The van der Waals surface area contributed by atoms with Crippen molar-refractivity contribution >= 4 is 17.7 Å². The zero-order valence-electron chi connectivity index (χ0n) is 14.7. The molecule has 1 atom stereocenters. The summed E-state index contributed by atoms with van der Waals surface area (Å²) in [6.07, 6.45) is 2.22. The number of amides is 4. The van der Waals surface area contributed by atoms with Crippen LogP contribution in [0.2, 0.25) is 0 Å². The molecule has 2 N–H and O–H groups in total. The Kier molecular flexibility index (Phi) is 5.75. The molecule has 2 saturated heterocycles. The Labute approximate surface area is 148 Å². The van der Waals surface area contributed by atoms with Crippen molar-refractivity contribution in [3.05, 3.63) is 29.8 Å². The maximum Gasteiger partial charge on any atom is 0.321 e. The quantitative estimate of drug-likeness (QED) is 0.879. The van der Waals surface area contributed by atoms with E-state index in [4.69, 9.17) is 4.74 Å². The molecule has 7 heteroatoms. The molecule has 2 fully saturated rings. The third kappa shape index (κ3) is 4.85. The Balaban J connectivity index is 1.40. The number of nitrogens with one attached hydrogen (secondary N) is 2. The van der Waals surface area contributed by atoms with Crippen LogP contribution in [0.1, 0.15) is 18.4 Å². The molecule has 1 aromatic rings. The highest BCUT2D eigenvalue weighted by atomic mass is 16.5. The van der Waals surface area contributed by atoms with Crippen molar-refractivity contribution < 1.29 is 14.3 Å². The van der Waals surface area contributed by atoms with E-state index >= 15 is 0 Å². The molecule has 0 bridgehead atoms. The summed E-state index contributed by atoms with van der Waals surface area (Å²) in [4.78, 5) is 28.0. The van der Waals surface area contributed by atoms with Crippen LogP contribution in [-0.4, -0.2) is 67.3 Å². The van der Waals surface area contributed by atoms with Gasteiger partial charge in [0.25, 0.3) is 0 Å². The van der Waals surface area contributed by atoms with Gasteiger partial charge >= 0.3 is 12.1 Å². The molecule has 25 heavy (non-hydrogen) atoms. The van der Waals surface area contributed by atoms with Crippen molar-refractivity contribution in [1.82, 2.24) is 15.1 Å². The van der Waals surface area contributed by atoms with E-state index in [0.717, 1.165) is 30.7 Å². The minimum Gasteiger partial charge on any atom is -0.376 e. The summed E-state index contributed by atoms with van der Waals surface area (Å²) in [6.45, 7) is 5.50. The predicted molar refractivity (Wildman–Crippen MR) is 95.7 cm³/mol. The van der Waals surface area contributed by atoms with Gasteiger partial charge in [0.2, 0.25) is 0 Å². The first kappa shape index (κ1) is 17.5. The van der Waals surface area contributed by atoms with Gasteiger partial charge < -0.3 is 25.2 Å². The number of anilines is 1. The van der Waals surface area contributed by atoms with Gasteiger partial charge in [0.05, 0.1) is 6.10 Å². The van der Waals surface area contributed by atoms with Crippen LogP contribution in [0, 0.1) is 6.92 Å². The molecule has 1 unspecified atom stereocenters. The number of urea groups is 2. The van der Waals surface area contributed by atoms with Crippen molar-refractivity contribution in [3.8, 4) is 0 Å². The van der Waals surface area contributed by atoms with Crippen LogP contribution in [0.3, 0.4) is 0 Å². The molecule has 0 radical (unpaired) electrons. The number of piperazine rings is 1. The Morgan fingerprint density at radius 2 is 1.72 bits per heavy atom. The number of carbonyl (C=O) groups excluding carboxylic acids is 2. The van der Waals surface area contributed by atoms with E-state index in [9.17, 15) is 9.59 Å². The lowest BCUT2D eigenvalue weighted by molar-refractivity contribution is 0.106. The van der Waals surface area contributed by atoms with Gasteiger partial charge in [-0.25, -0.2) is 9.59 Å². The molecule has 136 valence electrons. The SMILES string of the molecule is Cc1ccc(NC(=O)N2CCN(C(=O)NCC3CCCO3)CC2)cc1. The molecule has 7 nitrogen and oxygen atoms in total. The van der Waals surface area contributed by atoms with E-state index in [-0.39, 0.29) is 18.2 Å². The number of hydrogen-bond donors (Lipinski definition) is 2. The Morgan fingerprint density at radius 3 is 2.32 bits per heavy atom. The molecule has 1 aromatic carbocycles. The van der Waals surface area contributed by atoms with Crippen molar-refractivity contribution in [1.29, 1.82) is 0 Å². The van der Waals surface area contributed by atoms with Crippen LogP contribution in [0.15, 0.2) is 24.3 Å². The highest BCUT2D eigenvalue weighted by Gasteiger charge is 2.25. The van der Waals surface area contributed by atoms with Crippen molar-refractivity contribution in [2.45, 2.75) is 25.9 Å². The largest absolute Gasteiger partial charge is 0.376 e. The van der Waals surface area contributed by atoms with E-state index in [2.05, 4.69) is 10.6 Å².